The molecular weight excluding hydrogens is 271 g/mol. The van der Waals surface area contributed by atoms with Crippen molar-refractivity contribution in [2.75, 3.05) is 7.18 Å². The van der Waals surface area contributed by atoms with Crippen molar-refractivity contribution >= 4 is 5.97 Å². The lowest BCUT2D eigenvalue weighted by Gasteiger charge is -2.15. The van der Waals surface area contributed by atoms with Gasteiger partial charge in [0.05, 0.1) is 12.6 Å². The van der Waals surface area contributed by atoms with E-state index in [4.69, 9.17) is 23.0 Å². The molecule has 0 atom stereocenters. The van der Waals surface area contributed by atoms with Gasteiger partial charge in [-0.3, -0.25) is 9.18 Å². The molecule has 0 fully saturated rings. The molecular formula is C12H17F5O2. The van der Waals surface area contributed by atoms with Gasteiger partial charge in [-0.2, -0.15) is 0 Å². The van der Waals surface area contributed by atoms with Crippen LogP contribution in [0.5, 0.6) is 5.75 Å². The highest BCUT2D eigenvalue weighted by molar-refractivity contribution is 5.77. The van der Waals surface area contributed by atoms with E-state index in [1.165, 1.54) is 0 Å². The zero-order valence-electron chi connectivity index (χ0n) is 11.1. The van der Waals surface area contributed by atoms with Gasteiger partial charge in [0.1, 0.15) is 5.75 Å². The number of ether oxygens (including phenoxy) is 1. The molecule has 0 spiro atoms. The second-order valence-electron chi connectivity index (χ2n) is 3.95. The second kappa shape index (κ2) is 14.4. The number of para-hydroxylation sites is 1. The number of hydrogen-bond acceptors (Lipinski definition) is 2. The number of carbonyl (C=O) groups is 1. The van der Waals surface area contributed by atoms with Gasteiger partial charge in [0.2, 0.25) is 0 Å². The fraction of sp³-hybridized carbons (Fsp3) is 0.417. The van der Waals surface area contributed by atoms with Gasteiger partial charge in [-0.15, -0.1) is 0 Å². The number of halogens is 5. The van der Waals surface area contributed by atoms with Crippen molar-refractivity contribution in [3.05, 3.63) is 30.3 Å². The number of benzene rings is 1. The van der Waals surface area contributed by atoms with Crippen LogP contribution in [0.1, 0.15) is 20.8 Å². The van der Waals surface area contributed by atoms with E-state index in [9.17, 15) is 9.18 Å². The molecule has 1 aromatic rings. The quantitative estimate of drug-likeness (QED) is 0.417. The average Bonchev–Trinajstić information content (AvgIpc) is 2.45. The first-order valence-electron chi connectivity index (χ1n) is 4.94. The highest BCUT2D eigenvalue weighted by atomic mass is 20.0. The summed E-state index contributed by atoms with van der Waals surface area (Å²) >= 11 is 0. The first kappa shape index (κ1) is 22.5. The summed E-state index contributed by atoms with van der Waals surface area (Å²) in [7, 11) is 0.500. The molecule has 0 heterocycles. The van der Waals surface area contributed by atoms with Crippen molar-refractivity contribution < 1.29 is 32.2 Å². The van der Waals surface area contributed by atoms with Gasteiger partial charge in [-0.1, -0.05) is 18.2 Å². The molecule has 0 aliphatic heterocycles. The summed E-state index contributed by atoms with van der Waals surface area (Å²) in [5.74, 6) is 0.390. The number of alkyl halides is 1. The first-order chi connectivity index (χ1) is 9.00. The van der Waals surface area contributed by atoms with Gasteiger partial charge in [0.25, 0.3) is 0 Å². The predicted octanol–water partition coefficient (Wildman–Crippen LogP) is 4.90. The molecule has 1 aromatic carbocycles. The molecule has 0 aliphatic rings. The minimum atomic E-state index is -0.449. The van der Waals surface area contributed by atoms with Gasteiger partial charge < -0.3 is 4.74 Å². The molecule has 0 amide bonds. The molecule has 0 saturated carbocycles. The lowest BCUT2D eigenvalue weighted by Crippen LogP contribution is -2.25. The second-order valence-corrected chi connectivity index (χ2v) is 3.95. The van der Waals surface area contributed by atoms with Crippen LogP contribution in [-0.2, 0) is 4.79 Å². The van der Waals surface area contributed by atoms with Crippen molar-refractivity contribution in [2.24, 2.45) is 5.41 Å². The van der Waals surface area contributed by atoms with Crippen LogP contribution >= 0.6 is 0 Å². The van der Waals surface area contributed by atoms with E-state index in [1.54, 1.807) is 12.1 Å². The van der Waals surface area contributed by atoms with E-state index < -0.39 is 5.41 Å². The van der Waals surface area contributed by atoms with E-state index in [0.29, 0.717) is 12.9 Å². The Labute approximate surface area is 108 Å². The zero-order chi connectivity index (χ0) is 15.9. The smallest absolute Gasteiger partial charge is 0.316 e. The monoisotopic (exact) mass is 288 g/mol. The lowest BCUT2D eigenvalue weighted by molar-refractivity contribution is -0.142. The molecule has 19 heavy (non-hydrogen) atoms. The molecule has 2 nitrogen and oxygen atoms in total. The summed E-state index contributed by atoms with van der Waals surface area (Å²) < 4.78 is 46.6. The Balaban J connectivity index is -0.000000375. The number of esters is 1. The van der Waals surface area contributed by atoms with Gasteiger partial charge in [-0.05, 0) is 32.9 Å². The Morgan fingerprint density at radius 3 is 1.63 bits per heavy atom. The minimum absolute atomic E-state index is 0.210. The van der Waals surface area contributed by atoms with E-state index in [1.807, 2.05) is 39.0 Å². The molecule has 0 bridgehead atoms. The largest absolute Gasteiger partial charge is 0.426 e. The maximum Gasteiger partial charge on any atom is 0.316 e. The van der Waals surface area contributed by atoms with E-state index in [0.717, 1.165) is 0 Å². The molecule has 0 saturated heterocycles. The SMILES string of the molecule is CC(C)(C)C(=O)Oc1ccccc1.CF.FF.FF. The number of rotatable bonds is 1. The molecule has 0 unspecified atom stereocenters. The molecule has 0 aromatic heterocycles. The summed E-state index contributed by atoms with van der Waals surface area (Å²) in [6, 6.07) is 9.10. The van der Waals surface area contributed by atoms with Crippen LogP contribution in [0.2, 0.25) is 0 Å². The predicted molar refractivity (Wildman–Crippen MR) is 63.0 cm³/mol. The van der Waals surface area contributed by atoms with Gasteiger partial charge in [-0.25, -0.2) is 0 Å². The molecule has 0 aliphatic carbocycles. The highest BCUT2D eigenvalue weighted by Gasteiger charge is 2.23. The first-order valence-corrected chi connectivity index (χ1v) is 4.94. The van der Waals surface area contributed by atoms with Gasteiger partial charge in [0.15, 0.2) is 0 Å². The Bertz CT molecular complexity index is 299. The van der Waals surface area contributed by atoms with Crippen molar-refractivity contribution in [3.63, 3.8) is 0 Å². The normalized spacial score (nSPS) is 8.47. The zero-order valence-corrected chi connectivity index (χ0v) is 11.1. The fourth-order valence-electron chi connectivity index (χ4n) is 0.749. The summed E-state index contributed by atoms with van der Waals surface area (Å²) in [5, 5.41) is 0. The van der Waals surface area contributed by atoms with Crippen molar-refractivity contribution in [1.82, 2.24) is 0 Å². The Hall–Kier alpha value is -1.66. The van der Waals surface area contributed by atoms with E-state index in [2.05, 4.69) is 0 Å². The summed E-state index contributed by atoms with van der Waals surface area (Å²) in [5.41, 5.74) is -0.449. The van der Waals surface area contributed by atoms with Crippen LogP contribution in [0.25, 0.3) is 0 Å². The third-order valence-corrected chi connectivity index (χ3v) is 1.57. The number of carbonyl (C=O) groups excluding carboxylic acids is 1. The Morgan fingerprint density at radius 2 is 1.32 bits per heavy atom. The van der Waals surface area contributed by atoms with Gasteiger partial charge in [0, 0.05) is 18.3 Å². The summed E-state index contributed by atoms with van der Waals surface area (Å²) in [4.78, 5) is 11.4. The van der Waals surface area contributed by atoms with Gasteiger partial charge >= 0.3 is 5.97 Å². The molecule has 0 radical (unpaired) electrons. The third-order valence-electron chi connectivity index (χ3n) is 1.57. The maximum absolute atomic E-state index is 11.4. The fourth-order valence-corrected chi connectivity index (χ4v) is 0.749. The Kier molecular flexibility index (Phi) is 17.1. The maximum atomic E-state index is 11.4. The lowest BCUT2D eigenvalue weighted by atomic mass is 9.97. The average molecular weight is 288 g/mol. The van der Waals surface area contributed by atoms with Crippen LogP contribution < -0.4 is 4.74 Å². The Morgan fingerprint density at radius 1 is 0.947 bits per heavy atom. The van der Waals surface area contributed by atoms with Crippen molar-refractivity contribution in [3.8, 4) is 5.75 Å². The van der Waals surface area contributed by atoms with Crippen molar-refractivity contribution in [2.45, 2.75) is 20.8 Å². The van der Waals surface area contributed by atoms with E-state index >= 15 is 0 Å². The molecule has 112 valence electrons. The van der Waals surface area contributed by atoms with Crippen LogP contribution in [0.3, 0.4) is 0 Å². The summed E-state index contributed by atoms with van der Waals surface area (Å²) in [6.07, 6.45) is 0. The molecule has 1 rings (SSSR count). The van der Waals surface area contributed by atoms with Crippen molar-refractivity contribution in [1.29, 1.82) is 0 Å². The molecule has 0 N–H and O–H groups in total. The van der Waals surface area contributed by atoms with Crippen LogP contribution in [0, 0.1) is 5.41 Å². The van der Waals surface area contributed by atoms with E-state index in [-0.39, 0.29) is 5.97 Å². The third kappa shape index (κ3) is 12.6. The van der Waals surface area contributed by atoms with Crippen LogP contribution in [0.15, 0.2) is 30.3 Å². The standard InChI is InChI=1S/C11H14O2.CH3F.2F2/c1-11(2,3)10(12)13-9-7-5-4-6-8-9;3*1-2/h4-8H,1-3H3;1H3;;. The molecule has 7 heteroatoms. The highest BCUT2D eigenvalue weighted by Crippen LogP contribution is 2.18. The van der Waals surface area contributed by atoms with Crippen LogP contribution in [-0.4, -0.2) is 13.1 Å². The summed E-state index contributed by atoms with van der Waals surface area (Å²) in [6.45, 7) is 5.49. The minimum Gasteiger partial charge on any atom is -0.426 e. The topological polar surface area (TPSA) is 26.3 Å². The number of hydrogen-bond donors (Lipinski definition) is 0. The van der Waals surface area contributed by atoms with Crippen LogP contribution in [0.4, 0.5) is 22.7 Å².